The first-order valence-corrected chi connectivity index (χ1v) is 7.71. The van der Waals surface area contributed by atoms with Gasteiger partial charge in [0.05, 0.1) is 7.11 Å². The average Bonchev–Trinajstić information content (AvgIpc) is 3.00. The van der Waals surface area contributed by atoms with Gasteiger partial charge in [0.15, 0.2) is 5.82 Å². The summed E-state index contributed by atoms with van der Waals surface area (Å²) >= 11 is 0. The van der Waals surface area contributed by atoms with Gasteiger partial charge >= 0.3 is 5.97 Å². The van der Waals surface area contributed by atoms with Gasteiger partial charge in [-0.25, -0.2) is 4.79 Å². The number of ether oxygens (including phenoxy) is 1. The molecule has 0 amide bonds. The van der Waals surface area contributed by atoms with Crippen LogP contribution < -0.4 is 9.64 Å². The summed E-state index contributed by atoms with van der Waals surface area (Å²) in [7, 11) is 1.56. The maximum atomic E-state index is 11.6. The molecule has 2 aromatic rings. The molecule has 0 radical (unpaired) electrons. The molecule has 23 heavy (non-hydrogen) atoms. The molecule has 0 atom stereocenters. The zero-order valence-electron chi connectivity index (χ0n) is 13.7. The van der Waals surface area contributed by atoms with Crippen LogP contribution in [0, 0.1) is 0 Å². The molecule has 0 fully saturated rings. The number of aromatic nitrogens is 3. The minimum absolute atomic E-state index is 0.0437. The van der Waals surface area contributed by atoms with Crippen molar-refractivity contribution in [3.63, 3.8) is 0 Å². The van der Waals surface area contributed by atoms with Crippen molar-refractivity contribution in [3.05, 3.63) is 30.0 Å². The first-order chi connectivity index (χ1) is 11.1. The van der Waals surface area contributed by atoms with Gasteiger partial charge in [-0.05, 0) is 25.0 Å². The van der Waals surface area contributed by atoms with Crippen molar-refractivity contribution >= 4 is 11.8 Å². The highest BCUT2D eigenvalue weighted by Gasteiger charge is 2.23. The number of nitrogens with zero attached hydrogens (tertiary/aromatic N) is 4. The van der Waals surface area contributed by atoms with E-state index >= 15 is 0 Å². The third-order valence-corrected chi connectivity index (χ3v) is 3.39. The standard InChI is InChI=1S/C16H22N4O3/c1-4-10-19(11-5-2)15-14(16(21)22)17-20(18-15)12-8-6-7-9-13(12)23-3/h6-9H,4-5,10-11H2,1-3H3,(H,21,22). The van der Waals surface area contributed by atoms with Crippen LogP contribution in [0.5, 0.6) is 5.75 Å². The lowest BCUT2D eigenvalue weighted by Crippen LogP contribution is -2.27. The Morgan fingerprint density at radius 1 is 1.22 bits per heavy atom. The van der Waals surface area contributed by atoms with Crippen molar-refractivity contribution in [3.8, 4) is 11.4 Å². The quantitative estimate of drug-likeness (QED) is 0.806. The van der Waals surface area contributed by atoms with E-state index in [0.717, 1.165) is 25.9 Å². The van der Waals surface area contributed by atoms with Gasteiger partial charge in [0.25, 0.3) is 0 Å². The van der Waals surface area contributed by atoms with Crippen molar-refractivity contribution in [2.45, 2.75) is 26.7 Å². The lowest BCUT2D eigenvalue weighted by molar-refractivity contribution is 0.0690. The van der Waals surface area contributed by atoms with Crippen LogP contribution in [0.1, 0.15) is 37.2 Å². The number of hydrogen-bond donors (Lipinski definition) is 1. The van der Waals surface area contributed by atoms with E-state index in [1.165, 1.54) is 4.80 Å². The van der Waals surface area contributed by atoms with Crippen LogP contribution in [0.15, 0.2) is 24.3 Å². The number of benzene rings is 1. The SMILES string of the molecule is CCCN(CCC)c1nn(-c2ccccc2OC)nc1C(=O)O. The molecule has 0 aliphatic carbocycles. The molecule has 0 bridgehead atoms. The first kappa shape index (κ1) is 16.8. The summed E-state index contributed by atoms with van der Waals surface area (Å²) in [6, 6.07) is 7.25. The molecule has 124 valence electrons. The summed E-state index contributed by atoms with van der Waals surface area (Å²) in [6.07, 6.45) is 1.81. The van der Waals surface area contributed by atoms with E-state index in [2.05, 4.69) is 10.2 Å². The maximum absolute atomic E-state index is 11.6. The fraction of sp³-hybridized carbons (Fsp3) is 0.438. The summed E-state index contributed by atoms with van der Waals surface area (Å²) in [4.78, 5) is 14.9. The molecule has 0 aliphatic rings. The molecular weight excluding hydrogens is 296 g/mol. The van der Waals surface area contributed by atoms with Crippen LogP contribution in [0.4, 0.5) is 5.82 Å². The van der Waals surface area contributed by atoms with Gasteiger partial charge in [0.2, 0.25) is 5.69 Å². The van der Waals surface area contributed by atoms with Gasteiger partial charge in [-0.15, -0.1) is 15.0 Å². The van der Waals surface area contributed by atoms with Gasteiger partial charge < -0.3 is 14.7 Å². The van der Waals surface area contributed by atoms with Crippen LogP contribution in [0.2, 0.25) is 0 Å². The Morgan fingerprint density at radius 3 is 2.43 bits per heavy atom. The number of para-hydroxylation sites is 2. The van der Waals surface area contributed by atoms with E-state index < -0.39 is 5.97 Å². The van der Waals surface area contributed by atoms with E-state index in [1.54, 1.807) is 19.2 Å². The molecule has 0 unspecified atom stereocenters. The molecule has 7 nitrogen and oxygen atoms in total. The summed E-state index contributed by atoms with van der Waals surface area (Å²) < 4.78 is 5.30. The number of anilines is 1. The van der Waals surface area contributed by atoms with Crippen LogP contribution in [0.3, 0.4) is 0 Å². The smallest absolute Gasteiger partial charge is 0.360 e. The van der Waals surface area contributed by atoms with E-state index in [1.807, 2.05) is 30.9 Å². The van der Waals surface area contributed by atoms with E-state index in [9.17, 15) is 9.90 Å². The molecule has 7 heteroatoms. The summed E-state index contributed by atoms with van der Waals surface area (Å²) in [6.45, 7) is 5.57. The second-order valence-corrected chi connectivity index (χ2v) is 5.13. The first-order valence-electron chi connectivity index (χ1n) is 7.71. The van der Waals surface area contributed by atoms with Gasteiger partial charge in [-0.1, -0.05) is 26.0 Å². The Bertz CT molecular complexity index is 663. The van der Waals surface area contributed by atoms with Crippen LogP contribution >= 0.6 is 0 Å². The van der Waals surface area contributed by atoms with Crippen molar-refractivity contribution in [1.29, 1.82) is 0 Å². The minimum Gasteiger partial charge on any atom is -0.494 e. The zero-order valence-corrected chi connectivity index (χ0v) is 13.7. The summed E-state index contributed by atoms with van der Waals surface area (Å²) in [5.41, 5.74) is 0.564. The number of methoxy groups -OCH3 is 1. The fourth-order valence-corrected chi connectivity index (χ4v) is 2.42. The van der Waals surface area contributed by atoms with Crippen molar-refractivity contribution in [2.24, 2.45) is 0 Å². The molecule has 2 rings (SSSR count). The number of rotatable bonds is 8. The summed E-state index contributed by atoms with van der Waals surface area (Å²) in [5, 5.41) is 18.0. The second kappa shape index (κ2) is 7.62. The number of aromatic carboxylic acids is 1. The minimum atomic E-state index is -1.08. The van der Waals surface area contributed by atoms with E-state index in [0.29, 0.717) is 17.3 Å². The van der Waals surface area contributed by atoms with Crippen LogP contribution in [-0.4, -0.2) is 46.3 Å². The van der Waals surface area contributed by atoms with Crippen molar-refractivity contribution in [1.82, 2.24) is 15.0 Å². The Kier molecular flexibility index (Phi) is 5.56. The van der Waals surface area contributed by atoms with Gasteiger partial charge in [0, 0.05) is 13.1 Å². The second-order valence-electron chi connectivity index (χ2n) is 5.13. The topological polar surface area (TPSA) is 80.5 Å². The Hall–Kier alpha value is -2.57. The number of hydrogen-bond acceptors (Lipinski definition) is 5. The number of carboxylic acid groups (broad SMARTS) is 1. The molecule has 0 saturated heterocycles. The predicted octanol–water partition coefficient (Wildman–Crippen LogP) is 2.60. The Labute approximate surface area is 135 Å². The Morgan fingerprint density at radius 2 is 1.87 bits per heavy atom. The number of carbonyl (C=O) groups is 1. The molecule has 0 saturated carbocycles. The third-order valence-electron chi connectivity index (χ3n) is 3.39. The average molecular weight is 318 g/mol. The third kappa shape index (κ3) is 3.61. The van der Waals surface area contributed by atoms with Crippen LogP contribution in [-0.2, 0) is 0 Å². The van der Waals surface area contributed by atoms with E-state index in [-0.39, 0.29) is 5.69 Å². The van der Waals surface area contributed by atoms with Crippen molar-refractivity contribution in [2.75, 3.05) is 25.1 Å². The maximum Gasteiger partial charge on any atom is 0.360 e. The fourth-order valence-electron chi connectivity index (χ4n) is 2.42. The lowest BCUT2D eigenvalue weighted by Gasteiger charge is -2.20. The highest BCUT2D eigenvalue weighted by molar-refractivity contribution is 5.91. The molecule has 1 N–H and O–H groups in total. The van der Waals surface area contributed by atoms with Gasteiger partial charge in [0.1, 0.15) is 11.4 Å². The summed E-state index contributed by atoms with van der Waals surface area (Å²) in [5.74, 6) is -0.103. The highest BCUT2D eigenvalue weighted by Crippen LogP contribution is 2.24. The van der Waals surface area contributed by atoms with E-state index in [4.69, 9.17) is 4.74 Å². The van der Waals surface area contributed by atoms with Crippen LogP contribution in [0.25, 0.3) is 5.69 Å². The normalized spacial score (nSPS) is 10.6. The monoisotopic (exact) mass is 318 g/mol. The highest BCUT2D eigenvalue weighted by atomic mass is 16.5. The zero-order chi connectivity index (χ0) is 16.8. The number of carboxylic acids is 1. The largest absolute Gasteiger partial charge is 0.494 e. The molecule has 0 aliphatic heterocycles. The lowest BCUT2D eigenvalue weighted by atomic mass is 10.3. The molecule has 0 spiro atoms. The molecular formula is C16H22N4O3. The predicted molar refractivity (Wildman–Crippen MR) is 87.7 cm³/mol. The molecule has 1 aromatic carbocycles. The van der Waals surface area contributed by atoms with Crippen molar-refractivity contribution < 1.29 is 14.6 Å². The molecule has 1 heterocycles. The van der Waals surface area contributed by atoms with Gasteiger partial charge in [-0.2, -0.15) is 0 Å². The van der Waals surface area contributed by atoms with Gasteiger partial charge in [-0.3, -0.25) is 0 Å². The molecule has 1 aromatic heterocycles. The Balaban J connectivity index is 2.51.